The van der Waals surface area contributed by atoms with Crippen molar-refractivity contribution in [2.45, 2.75) is 40.7 Å². The monoisotopic (exact) mass is 243 g/mol. The zero-order chi connectivity index (χ0) is 13.8. The van der Waals surface area contributed by atoms with Gasteiger partial charge in [0.1, 0.15) is 0 Å². The summed E-state index contributed by atoms with van der Waals surface area (Å²) in [5.41, 5.74) is 4.02. The third-order valence-electron chi connectivity index (χ3n) is 3.20. The van der Waals surface area contributed by atoms with E-state index in [1.807, 2.05) is 6.08 Å². The van der Waals surface area contributed by atoms with E-state index in [1.165, 1.54) is 16.8 Å². The first-order chi connectivity index (χ1) is 8.41. The summed E-state index contributed by atoms with van der Waals surface area (Å²) in [6.45, 7) is 14.6. The van der Waals surface area contributed by atoms with Crippen molar-refractivity contribution >= 4 is 0 Å². The van der Waals surface area contributed by atoms with E-state index >= 15 is 0 Å². The molecular formula is C17H25N. The van der Waals surface area contributed by atoms with Gasteiger partial charge in [0.25, 0.3) is 0 Å². The Morgan fingerprint density at radius 1 is 1.33 bits per heavy atom. The van der Waals surface area contributed by atoms with Crippen LogP contribution in [0.5, 0.6) is 0 Å². The third-order valence-corrected chi connectivity index (χ3v) is 3.20. The summed E-state index contributed by atoms with van der Waals surface area (Å²) in [5, 5.41) is 3.51. The van der Waals surface area contributed by atoms with Crippen LogP contribution in [0.25, 0.3) is 0 Å². The fraction of sp³-hybridized carbons (Fsp3) is 0.412. The maximum absolute atomic E-state index is 3.71. The summed E-state index contributed by atoms with van der Waals surface area (Å²) in [4.78, 5) is 0. The Labute approximate surface area is 112 Å². The summed E-state index contributed by atoms with van der Waals surface area (Å²) in [6, 6.07) is 0.374. The highest BCUT2D eigenvalue weighted by Gasteiger charge is 2.23. The molecule has 0 bridgehead atoms. The molecule has 0 aromatic heterocycles. The normalized spacial score (nSPS) is 23.4. The molecule has 0 radical (unpaired) electrons. The second-order valence-corrected chi connectivity index (χ2v) is 5.42. The minimum atomic E-state index is 0.0961. The van der Waals surface area contributed by atoms with Crippen LogP contribution in [0.15, 0.2) is 59.9 Å². The minimum absolute atomic E-state index is 0.0961. The summed E-state index contributed by atoms with van der Waals surface area (Å²) in [6.07, 6.45) is 12.6. The maximum atomic E-state index is 3.71. The smallest absolute Gasteiger partial charge is 0.0486 e. The van der Waals surface area contributed by atoms with Crippen molar-refractivity contribution in [2.75, 3.05) is 0 Å². The predicted molar refractivity (Wildman–Crippen MR) is 81.3 cm³/mol. The van der Waals surface area contributed by atoms with Gasteiger partial charge in [-0.05, 0) is 38.0 Å². The zero-order valence-electron chi connectivity index (χ0n) is 12.2. The van der Waals surface area contributed by atoms with Crippen LogP contribution in [0, 0.1) is 5.41 Å². The Hall–Kier alpha value is -1.50. The first-order valence-electron chi connectivity index (χ1n) is 6.54. The molecular weight excluding hydrogens is 218 g/mol. The van der Waals surface area contributed by atoms with Gasteiger partial charge in [0, 0.05) is 17.2 Å². The summed E-state index contributed by atoms with van der Waals surface area (Å²) in [5.74, 6) is 0. The molecule has 1 N–H and O–H groups in total. The lowest BCUT2D eigenvalue weighted by molar-refractivity contribution is 0.611. The molecule has 1 rings (SSSR count). The Bertz CT molecular complexity index is 431. The van der Waals surface area contributed by atoms with Gasteiger partial charge in [-0.15, -0.1) is 0 Å². The fourth-order valence-corrected chi connectivity index (χ4v) is 2.35. The highest BCUT2D eigenvalue weighted by atomic mass is 14.9. The Morgan fingerprint density at radius 3 is 2.56 bits per heavy atom. The van der Waals surface area contributed by atoms with Crippen LogP contribution in [0.4, 0.5) is 0 Å². The molecule has 0 aliphatic carbocycles. The van der Waals surface area contributed by atoms with Crippen LogP contribution in [0.3, 0.4) is 0 Å². The van der Waals surface area contributed by atoms with Gasteiger partial charge in [-0.1, -0.05) is 50.8 Å². The first-order valence-corrected chi connectivity index (χ1v) is 6.54. The molecule has 1 aliphatic heterocycles. The fourth-order valence-electron chi connectivity index (χ4n) is 2.35. The van der Waals surface area contributed by atoms with Crippen molar-refractivity contribution in [3.8, 4) is 0 Å². The predicted octanol–water partition coefficient (Wildman–Crippen LogP) is 4.52. The van der Waals surface area contributed by atoms with Crippen molar-refractivity contribution in [1.82, 2.24) is 5.32 Å². The van der Waals surface area contributed by atoms with Gasteiger partial charge in [0.15, 0.2) is 0 Å². The van der Waals surface area contributed by atoms with E-state index in [-0.39, 0.29) is 5.41 Å². The summed E-state index contributed by atoms with van der Waals surface area (Å²) < 4.78 is 0. The van der Waals surface area contributed by atoms with Gasteiger partial charge in [-0.25, -0.2) is 0 Å². The number of nitrogens with one attached hydrogen (secondary N) is 1. The average Bonchev–Trinajstić information content (AvgIpc) is 2.53. The molecule has 0 aromatic rings. The lowest BCUT2D eigenvalue weighted by atomic mass is 9.87. The molecule has 0 amide bonds. The van der Waals surface area contributed by atoms with Crippen molar-refractivity contribution in [3.05, 3.63) is 59.9 Å². The Kier molecular flexibility index (Phi) is 4.77. The van der Waals surface area contributed by atoms with Gasteiger partial charge in [0.05, 0.1) is 0 Å². The number of allylic oxidation sites excluding steroid dienone is 6. The molecule has 1 nitrogen and oxygen atoms in total. The SMILES string of the molecule is C=C/C=C\C1=C(C)C(=C/C(C)(C)/C=C\C)/C(C)N1. The zero-order valence-corrected chi connectivity index (χ0v) is 12.2. The van der Waals surface area contributed by atoms with Gasteiger partial charge in [-0.3, -0.25) is 0 Å². The molecule has 0 fully saturated rings. The van der Waals surface area contributed by atoms with E-state index in [0.717, 1.165) is 0 Å². The van der Waals surface area contributed by atoms with Crippen LogP contribution < -0.4 is 5.32 Å². The third kappa shape index (κ3) is 3.49. The molecule has 18 heavy (non-hydrogen) atoms. The minimum Gasteiger partial charge on any atom is -0.378 e. The second kappa shape index (κ2) is 5.90. The van der Waals surface area contributed by atoms with Gasteiger partial charge in [-0.2, -0.15) is 0 Å². The molecule has 0 saturated heterocycles. The molecule has 98 valence electrons. The van der Waals surface area contributed by atoms with Gasteiger partial charge in [0.2, 0.25) is 0 Å². The molecule has 1 heterocycles. The van der Waals surface area contributed by atoms with Crippen molar-refractivity contribution < 1.29 is 0 Å². The maximum Gasteiger partial charge on any atom is 0.0486 e. The van der Waals surface area contributed by atoms with E-state index in [0.29, 0.717) is 6.04 Å². The average molecular weight is 243 g/mol. The molecule has 0 spiro atoms. The van der Waals surface area contributed by atoms with Crippen LogP contribution in [-0.2, 0) is 0 Å². The lowest BCUT2D eigenvalue weighted by Gasteiger charge is -2.18. The molecule has 1 atom stereocenters. The topological polar surface area (TPSA) is 12.0 Å². The highest BCUT2D eigenvalue weighted by molar-refractivity contribution is 5.48. The quantitative estimate of drug-likeness (QED) is 0.565. The van der Waals surface area contributed by atoms with Crippen LogP contribution >= 0.6 is 0 Å². The standard InChI is InChI=1S/C17H25N/c1-7-9-10-16-13(3)15(14(4)18-16)12-17(5,6)11-8-2/h7-12,14,18H,1H2,2-6H3/b10-9-,11-8-,15-12-. The Balaban J connectivity index is 3.09. The first kappa shape index (κ1) is 14.6. The molecule has 0 saturated carbocycles. The number of hydrogen-bond donors (Lipinski definition) is 1. The van der Waals surface area contributed by atoms with E-state index < -0.39 is 0 Å². The van der Waals surface area contributed by atoms with Crippen LogP contribution in [-0.4, -0.2) is 6.04 Å². The molecule has 1 aliphatic rings. The van der Waals surface area contributed by atoms with E-state index in [2.05, 4.69) is 70.8 Å². The van der Waals surface area contributed by atoms with Crippen molar-refractivity contribution in [1.29, 1.82) is 0 Å². The second-order valence-electron chi connectivity index (χ2n) is 5.42. The van der Waals surface area contributed by atoms with Gasteiger partial charge < -0.3 is 5.32 Å². The molecule has 0 aromatic carbocycles. The largest absolute Gasteiger partial charge is 0.378 e. The van der Waals surface area contributed by atoms with E-state index in [9.17, 15) is 0 Å². The van der Waals surface area contributed by atoms with Crippen molar-refractivity contribution in [2.24, 2.45) is 5.41 Å². The molecule has 1 heteroatoms. The van der Waals surface area contributed by atoms with Crippen LogP contribution in [0.1, 0.15) is 34.6 Å². The highest BCUT2D eigenvalue weighted by Crippen LogP contribution is 2.31. The van der Waals surface area contributed by atoms with Crippen LogP contribution in [0.2, 0.25) is 0 Å². The lowest BCUT2D eigenvalue weighted by Crippen LogP contribution is -2.20. The Morgan fingerprint density at radius 2 is 2.00 bits per heavy atom. The van der Waals surface area contributed by atoms with Gasteiger partial charge >= 0.3 is 0 Å². The van der Waals surface area contributed by atoms with Crippen molar-refractivity contribution in [3.63, 3.8) is 0 Å². The number of hydrogen-bond acceptors (Lipinski definition) is 1. The molecule has 1 unspecified atom stereocenters. The summed E-state index contributed by atoms with van der Waals surface area (Å²) >= 11 is 0. The summed E-state index contributed by atoms with van der Waals surface area (Å²) in [7, 11) is 0. The van der Waals surface area contributed by atoms with E-state index in [1.54, 1.807) is 6.08 Å². The number of rotatable bonds is 4. The van der Waals surface area contributed by atoms with E-state index in [4.69, 9.17) is 0 Å².